The summed E-state index contributed by atoms with van der Waals surface area (Å²) in [5.74, 6) is 0.262. The highest BCUT2D eigenvalue weighted by Gasteiger charge is 2.11. The maximum Gasteiger partial charge on any atom is 0.150 e. The first-order chi connectivity index (χ1) is 6.61. The Morgan fingerprint density at radius 2 is 2.50 bits per heavy atom. The first kappa shape index (κ1) is 11.5. The van der Waals surface area contributed by atoms with E-state index >= 15 is 0 Å². The molecule has 0 radical (unpaired) electrons. The van der Waals surface area contributed by atoms with Crippen LogP contribution < -0.4 is 5.73 Å². The molecule has 14 heavy (non-hydrogen) atoms. The van der Waals surface area contributed by atoms with Crippen molar-refractivity contribution in [3.8, 4) is 0 Å². The molecule has 1 heterocycles. The van der Waals surface area contributed by atoms with Crippen LogP contribution in [0.1, 0.15) is 25.5 Å². The zero-order chi connectivity index (χ0) is 10.6. The Bertz CT molecular complexity index is 309. The number of hydrogen-bond acceptors (Lipinski definition) is 4. The number of thiazole rings is 1. The molecule has 1 rings (SSSR count). The van der Waals surface area contributed by atoms with Crippen LogP contribution in [0.5, 0.6) is 0 Å². The lowest BCUT2D eigenvalue weighted by Crippen LogP contribution is -2.16. The zero-order valence-electron chi connectivity index (χ0n) is 8.41. The number of nitrogens with two attached hydrogens (primary N) is 1. The summed E-state index contributed by atoms with van der Waals surface area (Å²) < 4.78 is 1.08. The predicted molar refractivity (Wildman–Crippen MR) is 63.3 cm³/mol. The number of thioether (sulfide) groups is 1. The minimum atomic E-state index is 0.262. The van der Waals surface area contributed by atoms with Crippen molar-refractivity contribution in [2.45, 2.75) is 36.3 Å². The van der Waals surface area contributed by atoms with Crippen LogP contribution in [-0.4, -0.2) is 16.1 Å². The van der Waals surface area contributed by atoms with E-state index in [4.69, 9.17) is 11.1 Å². The van der Waals surface area contributed by atoms with Gasteiger partial charge in [0.05, 0.1) is 5.84 Å². The van der Waals surface area contributed by atoms with E-state index in [1.165, 1.54) is 0 Å². The second kappa shape index (κ2) is 5.36. The van der Waals surface area contributed by atoms with Gasteiger partial charge in [-0.3, -0.25) is 5.41 Å². The molecule has 0 spiro atoms. The second-order valence-electron chi connectivity index (χ2n) is 3.13. The molecule has 0 bridgehead atoms. The molecular weight excluding hydrogens is 214 g/mol. The summed E-state index contributed by atoms with van der Waals surface area (Å²) >= 11 is 3.39. The Balaban J connectivity index is 2.52. The molecule has 1 unspecified atom stereocenters. The highest BCUT2D eigenvalue weighted by molar-refractivity contribution is 8.01. The number of nitrogens with one attached hydrogen (secondary N) is 1. The van der Waals surface area contributed by atoms with Crippen LogP contribution in [0.2, 0.25) is 0 Å². The van der Waals surface area contributed by atoms with Gasteiger partial charge in [0.25, 0.3) is 0 Å². The van der Waals surface area contributed by atoms with Crippen molar-refractivity contribution >= 4 is 28.9 Å². The Labute approximate surface area is 92.6 Å². The summed E-state index contributed by atoms with van der Waals surface area (Å²) in [6, 6.07) is 0. The molecule has 1 aromatic rings. The lowest BCUT2D eigenvalue weighted by Gasteiger charge is -2.10. The highest BCUT2D eigenvalue weighted by atomic mass is 32.2. The third-order valence-electron chi connectivity index (χ3n) is 1.77. The fraction of sp³-hybridized carbons (Fsp3) is 0.556. The maximum atomic E-state index is 7.25. The van der Waals surface area contributed by atoms with Crippen molar-refractivity contribution in [2.75, 3.05) is 0 Å². The maximum absolute atomic E-state index is 7.25. The van der Waals surface area contributed by atoms with Gasteiger partial charge in [-0.05, 0) is 13.3 Å². The number of amidine groups is 1. The van der Waals surface area contributed by atoms with Crippen LogP contribution in [-0.2, 0) is 0 Å². The molecule has 78 valence electrons. The smallest absolute Gasteiger partial charge is 0.150 e. The molecule has 0 aliphatic rings. The molecule has 0 fully saturated rings. The van der Waals surface area contributed by atoms with Gasteiger partial charge in [-0.1, -0.05) is 18.7 Å². The Morgan fingerprint density at radius 3 is 2.93 bits per heavy atom. The van der Waals surface area contributed by atoms with E-state index in [1.54, 1.807) is 23.1 Å². The lowest BCUT2D eigenvalue weighted by molar-refractivity contribution is 0.847. The van der Waals surface area contributed by atoms with Crippen LogP contribution in [0.25, 0.3) is 0 Å². The number of aromatic nitrogens is 1. The van der Waals surface area contributed by atoms with E-state index in [0.29, 0.717) is 11.7 Å². The van der Waals surface area contributed by atoms with Crippen LogP contribution in [0.4, 0.5) is 0 Å². The van der Waals surface area contributed by atoms with Crippen LogP contribution in [0, 0.1) is 12.3 Å². The van der Waals surface area contributed by atoms with Gasteiger partial charge >= 0.3 is 0 Å². The topological polar surface area (TPSA) is 62.8 Å². The zero-order valence-corrected chi connectivity index (χ0v) is 10.0. The summed E-state index contributed by atoms with van der Waals surface area (Å²) in [6.07, 6.45) is 1.67. The largest absolute Gasteiger partial charge is 0.388 e. The fourth-order valence-electron chi connectivity index (χ4n) is 1.04. The van der Waals surface area contributed by atoms with Gasteiger partial charge < -0.3 is 5.73 Å². The molecule has 0 aromatic carbocycles. The quantitative estimate of drug-likeness (QED) is 0.463. The summed E-state index contributed by atoms with van der Waals surface area (Å²) in [7, 11) is 0. The molecule has 3 nitrogen and oxygen atoms in total. The molecule has 0 amide bonds. The van der Waals surface area contributed by atoms with E-state index in [0.717, 1.165) is 16.5 Å². The van der Waals surface area contributed by atoms with Gasteiger partial charge in [0.1, 0.15) is 4.34 Å². The molecule has 0 saturated carbocycles. The van der Waals surface area contributed by atoms with Crippen molar-refractivity contribution < 1.29 is 0 Å². The standard InChI is InChI=1S/C9H15N3S2/c1-3-7(4-8(10)11)14-9-12-6(2)5-13-9/h5,7H,3-4H2,1-2H3,(H3,10,11). The van der Waals surface area contributed by atoms with E-state index < -0.39 is 0 Å². The number of aryl methyl sites for hydroxylation is 1. The van der Waals surface area contributed by atoms with Gasteiger partial charge in [0.2, 0.25) is 0 Å². The van der Waals surface area contributed by atoms with Crippen molar-refractivity contribution in [2.24, 2.45) is 5.73 Å². The Kier molecular flexibility index (Phi) is 4.41. The fourth-order valence-corrected chi connectivity index (χ4v) is 3.25. The summed E-state index contributed by atoms with van der Waals surface area (Å²) in [5.41, 5.74) is 6.45. The molecule has 1 aromatic heterocycles. The molecular formula is C9H15N3S2. The highest BCUT2D eigenvalue weighted by Crippen LogP contribution is 2.29. The van der Waals surface area contributed by atoms with E-state index in [1.807, 2.05) is 12.3 Å². The van der Waals surface area contributed by atoms with Gasteiger partial charge in [0.15, 0.2) is 0 Å². The van der Waals surface area contributed by atoms with Gasteiger partial charge in [-0.15, -0.1) is 11.3 Å². The van der Waals surface area contributed by atoms with Crippen molar-refractivity contribution in [3.63, 3.8) is 0 Å². The molecule has 5 heteroatoms. The third-order valence-corrected chi connectivity index (χ3v) is 4.22. The Hall–Kier alpha value is -0.550. The lowest BCUT2D eigenvalue weighted by atomic mass is 10.2. The first-order valence-corrected chi connectivity index (χ1v) is 6.29. The number of nitrogens with zero attached hydrogens (tertiary/aromatic N) is 1. The van der Waals surface area contributed by atoms with Crippen molar-refractivity contribution in [1.29, 1.82) is 5.41 Å². The first-order valence-electron chi connectivity index (χ1n) is 4.53. The van der Waals surface area contributed by atoms with Gasteiger partial charge in [-0.25, -0.2) is 4.98 Å². The minimum absolute atomic E-state index is 0.262. The molecule has 3 N–H and O–H groups in total. The average Bonchev–Trinajstić information content (AvgIpc) is 2.49. The average molecular weight is 229 g/mol. The van der Waals surface area contributed by atoms with Crippen LogP contribution in [0.15, 0.2) is 9.72 Å². The molecule has 0 aliphatic carbocycles. The third kappa shape index (κ3) is 3.67. The number of hydrogen-bond donors (Lipinski definition) is 2. The van der Waals surface area contributed by atoms with E-state index in [2.05, 4.69) is 11.9 Å². The Morgan fingerprint density at radius 1 is 1.79 bits per heavy atom. The van der Waals surface area contributed by atoms with Crippen molar-refractivity contribution in [3.05, 3.63) is 11.1 Å². The van der Waals surface area contributed by atoms with Crippen LogP contribution in [0.3, 0.4) is 0 Å². The monoisotopic (exact) mass is 229 g/mol. The predicted octanol–water partition coefficient (Wildman–Crippen LogP) is 2.65. The summed E-state index contributed by atoms with van der Waals surface area (Å²) in [5, 5.41) is 9.68. The van der Waals surface area contributed by atoms with Gasteiger partial charge in [-0.2, -0.15) is 0 Å². The second-order valence-corrected chi connectivity index (χ2v) is 5.54. The van der Waals surface area contributed by atoms with E-state index in [9.17, 15) is 0 Å². The molecule has 0 aliphatic heterocycles. The summed E-state index contributed by atoms with van der Waals surface area (Å²) in [4.78, 5) is 4.38. The van der Waals surface area contributed by atoms with Gasteiger partial charge in [0, 0.05) is 22.7 Å². The van der Waals surface area contributed by atoms with Crippen molar-refractivity contribution in [1.82, 2.24) is 4.98 Å². The summed E-state index contributed by atoms with van der Waals surface area (Å²) in [6.45, 7) is 4.10. The normalized spacial score (nSPS) is 12.7. The minimum Gasteiger partial charge on any atom is -0.388 e. The van der Waals surface area contributed by atoms with Crippen LogP contribution >= 0.6 is 23.1 Å². The molecule has 0 saturated heterocycles. The molecule has 1 atom stereocenters. The SMILES string of the molecule is CCC(CC(=N)N)Sc1nc(C)cs1. The number of rotatable bonds is 5. The van der Waals surface area contributed by atoms with E-state index in [-0.39, 0.29) is 5.84 Å².